The maximum Gasteiger partial charge on any atom is 0.276 e. The summed E-state index contributed by atoms with van der Waals surface area (Å²) in [6, 6.07) is 14.0. The van der Waals surface area contributed by atoms with Gasteiger partial charge in [0, 0.05) is 14.1 Å². The van der Waals surface area contributed by atoms with Crippen molar-refractivity contribution in [1.29, 1.82) is 0 Å². The highest BCUT2D eigenvalue weighted by atomic mass is 16.3. The van der Waals surface area contributed by atoms with E-state index in [1.165, 1.54) is 17.0 Å². The molecule has 0 aliphatic carbocycles. The molecule has 30 heavy (non-hydrogen) atoms. The Kier molecular flexibility index (Phi) is 6.06. The van der Waals surface area contributed by atoms with Gasteiger partial charge in [-0.2, -0.15) is 0 Å². The number of phenols is 1. The van der Waals surface area contributed by atoms with Crippen LogP contribution in [-0.4, -0.2) is 41.8 Å². The molecule has 0 spiro atoms. The van der Waals surface area contributed by atoms with Crippen molar-refractivity contribution in [3.8, 4) is 5.75 Å². The van der Waals surface area contributed by atoms with Crippen molar-refractivity contribution in [3.63, 3.8) is 0 Å². The number of nitrogens with zero attached hydrogens (tertiary/aromatic N) is 1. The minimum atomic E-state index is -0.617. The fraction of sp³-hybridized carbons (Fsp3) is 0.227. The average Bonchev–Trinajstić information content (AvgIpc) is 3.00. The summed E-state index contributed by atoms with van der Waals surface area (Å²) in [6.07, 6.45) is 0.681. The Balaban J connectivity index is 1.95. The standard InChI is InChI=1S/C22H24N4O4/c1-4-15(13-9-6-5-7-10-13)23-17-18(21(29)25-20(17)28)24-16-12-8-11-14(19(16)27)22(30)26(2)3/h5-12,15,27H,4H2,1-3H3,(H3,23,24,25,28,29)/t15-/m1/s1. The van der Waals surface area contributed by atoms with Gasteiger partial charge in [-0.1, -0.05) is 43.3 Å². The molecule has 1 atom stereocenters. The summed E-state index contributed by atoms with van der Waals surface area (Å²) >= 11 is 0. The largest absolute Gasteiger partial charge is 0.505 e. The second-order valence-electron chi connectivity index (χ2n) is 7.08. The molecule has 0 radical (unpaired) electrons. The molecule has 0 unspecified atom stereocenters. The van der Waals surface area contributed by atoms with E-state index in [0.717, 1.165) is 5.56 Å². The molecule has 0 aromatic heterocycles. The molecule has 8 nitrogen and oxygen atoms in total. The number of amides is 3. The Bertz CT molecular complexity index is 1020. The number of hydrogen-bond donors (Lipinski definition) is 4. The minimum Gasteiger partial charge on any atom is -0.505 e. The van der Waals surface area contributed by atoms with E-state index in [0.29, 0.717) is 6.42 Å². The van der Waals surface area contributed by atoms with Gasteiger partial charge < -0.3 is 20.6 Å². The predicted molar refractivity (Wildman–Crippen MR) is 113 cm³/mol. The van der Waals surface area contributed by atoms with Gasteiger partial charge in [0.2, 0.25) is 0 Å². The first-order valence-corrected chi connectivity index (χ1v) is 9.55. The molecule has 2 aromatic rings. The van der Waals surface area contributed by atoms with Gasteiger partial charge in [-0.15, -0.1) is 0 Å². The number of carbonyl (C=O) groups is 3. The molecule has 4 N–H and O–H groups in total. The lowest BCUT2D eigenvalue weighted by Crippen LogP contribution is -2.29. The zero-order chi connectivity index (χ0) is 21.8. The average molecular weight is 408 g/mol. The van der Waals surface area contributed by atoms with E-state index in [1.54, 1.807) is 20.2 Å². The number of anilines is 1. The summed E-state index contributed by atoms with van der Waals surface area (Å²) in [4.78, 5) is 38.4. The first kappa shape index (κ1) is 20.9. The molecular formula is C22H24N4O4. The summed E-state index contributed by atoms with van der Waals surface area (Å²) in [5.41, 5.74) is 1.27. The molecule has 0 fully saturated rings. The Labute approximate surface area is 174 Å². The van der Waals surface area contributed by atoms with Gasteiger partial charge in [-0.25, -0.2) is 0 Å². The Morgan fingerprint density at radius 3 is 2.33 bits per heavy atom. The van der Waals surface area contributed by atoms with E-state index in [9.17, 15) is 19.5 Å². The molecule has 8 heteroatoms. The third kappa shape index (κ3) is 4.12. The number of aromatic hydroxyl groups is 1. The van der Waals surface area contributed by atoms with Crippen LogP contribution in [0.25, 0.3) is 0 Å². The second kappa shape index (κ2) is 8.69. The van der Waals surface area contributed by atoms with Crippen LogP contribution in [0.5, 0.6) is 5.75 Å². The molecule has 1 aliphatic rings. The Morgan fingerprint density at radius 2 is 1.70 bits per heavy atom. The highest BCUT2D eigenvalue weighted by molar-refractivity contribution is 6.20. The van der Waals surface area contributed by atoms with Crippen molar-refractivity contribution < 1.29 is 19.5 Å². The van der Waals surface area contributed by atoms with Gasteiger partial charge in [0.15, 0.2) is 5.75 Å². The quantitative estimate of drug-likeness (QED) is 0.413. The first-order valence-electron chi connectivity index (χ1n) is 9.55. The Hall–Kier alpha value is -3.81. The number of carbonyl (C=O) groups excluding carboxylic acids is 3. The lowest BCUT2D eigenvalue weighted by molar-refractivity contribution is -0.124. The van der Waals surface area contributed by atoms with Crippen LogP contribution >= 0.6 is 0 Å². The van der Waals surface area contributed by atoms with E-state index in [-0.39, 0.29) is 40.3 Å². The summed E-state index contributed by atoms with van der Waals surface area (Å²) in [6.45, 7) is 1.97. The summed E-state index contributed by atoms with van der Waals surface area (Å²) in [5, 5.41) is 18.8. The smallest absolute Gasteiger partial charge is 0.276 e. The number of imide groups is 1. The van der Waals surface area contributed by atoms with Crippen molar-refractivity contribution in [2.45, 2.75) is 19.4 Å². The molecular weight excluding hydrogens is 384 g/mol. The Morgan fingerprint density at radius 1 is 1.03 bits per heavy atom. The van der Waals surface area contributed by atoms with E-state index < -0.39 is 11.8 Å². The number of hydrogen-bond acceptors (Lipinski definition) is 6. The van der Waals surface area contributed by atoms with Gasteiger partial charge >= 0.3 is 0 Å². The minimum absolute atomic E-state index is 0.0147. The molecule has 0 saturated carbocycles. The zero-order valence-electron chi connectivity index (χ0n) is 17.0. The van der Waals surface area contributed by atoms with Crippen molar-refractivity contribution in [2.24, 2.45) is 0 Å². The van der Waals surface area contributed by atoms with E-state index >= 15 is 0 Å². The summed E-state index contributed by atoms with van der Waals surface area (Å²) in [7, 11) is 3.15. The lowest BCUT2D eigenvalue weighted by Gasteiger charge is -2.20. The maximum absolute atomic E-state index is 12.4. The van der Waals surface area contributed by atoms with Crippen LogP contribution < -0.4 is 16.0 Å². The van der Waals surface area contributed by atoms with Crippen LogP contribution in [0.1, 0.15) is 35.3 Å². The van der Waals surface area contributed by atoms with Crippen LogP contribution in [0, 0.1) is 0 Å². The van der Waals surface area contributed by atoms with Crippen LogP contribution in [0.2, 0.25) is 0 Å². The molecule has 3 amide bonds. The second-order valence-corrected chi connectivity index (χ2v) is 7.08. The van der Waals surface area contributed by atoms with E-state index in [1.807, 2.05) is 37.3 Å². The number of nitrogens with one attached hydrogen (secondary N) is 3. The topological polar surface area (TPSA) is 111 Å². The number of benzene rings is 2. The van der Waals surface area contributed by atoms with E-state index in [2.05, 4.69) is 16.0 Å². The van der Waals surface area contributed by atoms with Gasteiger partial charge in [0.1, 0.15) is 11.4 Å². The van der Waals surface area contributed by atoms with Crippen molar-refractivity contribution in [3.05, 3.63) is 71.1 Å². The number of phenolic OH excluding ortho intramolecular Hbond substituents is 1. The molecule has 2 aromatic carbocycles. The molecule has 156 valence electrons. The van der Waals surface area contributed by atoms with Gasteiger partial charge in [0.05, 0.1) is 17.3 Å². The van der Waals surface area contributed by atoms with Gasteiger partial charge in [-0.05, 0) is 24.1 Å². The van der Waals surface area contributed by atoms with Gasteiger partial charge in [0.25, 0.3) is 17.7 Å². The van der Waals surface area contributed by atoms with Crippen LogP contribution in [0.15, 0.2) is 59.9 Å². The zero-order valence-corrected chi connectivity index (χ0v) is 17.0. The van der Waals surface area contributed by atoms with E-state index in [4.69, 9.17) is 0 Å². The monoisotopic (exact) mass is 408 g/mol. The maximum atomic E-state index is 12.4. The van der Waals surface area contributed by atoms with Crippen molar-refractivity contribution in [2.75, 3.05) is 19.4 Å². The molecule has 3 rings (SSSR count). The van der Waals surface area contributed by atoms with Crippen LogP contribution in [-0.2, 0) is 9.59 Å². The van der Waals surface area contributed by atoms with Crippen LogP contribution in [0.4, 0.5) is 5.69 Å². The first-order chi connectivity index (χ1) is 14.3. The number of rotatable bonds is 7. The molecule has 0 bridgehead atoms. The third-order valence-corrected chi connectivity index (χ3v) is 4.79. The lowest BCUT2D eigenvalue weighted by atomic mass is 10.0. The number of para-hydroxylation sites is 1. The van der Waals surface area contributed by atoms with Crippen molar-refractivity contribution >= 4 is 23.4 Å². The van der Waals surface area contributed by atoms with Crippen LogP contribution in [0.3, 0.4) is 0 Å². The highest BCUT2D eigenvalue weighted by Gasteiger charge is 2.32. The fourth-order valence-electron chi connectivity index (χ4n) is 3.19. The molecule has 1 heterocycles. The normalized spacial score (nSPS) is 14.4. The molecule has 1 aliphatic heterocycles. The predicted octanol–water partition coefficient (Wildman–Crippen LogP) is 2.11. The molecule has 0 saturated heterocycles. The van der Waals surface area contributed by atoms with Gasteiger partial charge in [-0.3, -0.25) is 19.7 Å². The SMILES string of the molecule is CC[C@@H](NC1=C(Nc2cccc(C(=O)N(C)C)c2O)C(=O)NC1=O)c1ccccc1. The fourth-order valence-corrected chi connectivity index (χ4v) is 3.19. The third-order valence-electron chi connectivity index (χ3n) is 4.79. The summed E-state index contributed by atoms with van der Waals surface area (Å²) in [5.74, 6) is -1.86. The summed E-state index contributed by atoms with van der Waals surface area (Å²) < 4.78 is 0. The highest BCUT2D eigenvalue weighted by Crippen LogP contribution is 2.31. The van der Waals surface area contributed by atoms with Crippen molar-refractivity contribution in [1.82, 2.24) is 15.5 Å².